The Morgan fingerprint density at radius 3 is 1.45 bits per heavy atom. The number of ether oxygens (including phenoxy) is 2. The molecule has 0 aromatic carbocycles. The van der Waals surface area contributed by atoms with Crippen molar-refractivity contribution in [3.05, 3.63) is 0 Å². The molecule has 0 aliphatic rings. The van der Waals surface area contributed by atoms with Crippen molar-refractivity contribution < 1.29 is 42.1 Å². The van der Waals surface area contributed by atoms with Crippen molar-refractivity contribution in [2.75, 3.05) is 47.5 Å². The maximum absolute atomic E-state index is 12.5. The number of hydrogen-bond donors (Lipinski definition) is 1. The standard InChI is InChI=1S/C34H68NO8P/c1-6-8-10-12-14-16-18-20-22-24-26-33(36)40-30-32(31-42-44(38,39)41-29-28-35(3,4)5)43-34(37)27-25-23-21-19-17-15-13-11-9-7-2/h32H,6-31H2,1-5H3/p+1/t32-/m1/s1. The van der Waals surface area contributed by atoms with E-state index in [4.69, 9.17) is 18.5 Å². The molecule has 0 saturated heterocycles. The van der Waals surface area contributed by atoms with Gasteiger partial charge in [-0.1, -0.05) is 129 Å². The summed E-state index contributed by atoms with van der Waals surface area (Å²) in [5.41, 5.74) is 0. The summed E-state index contributed by atoms with van der Waals surface area (Å²) >= 11 is 0. The molecule has 0 saturated carbocycles. The summed E-state index contributed by atoms with van der Waals surface area (Å²) in [4.78, 5) is 35.0. The lowest BCUT2D eigenvalue weighted by molar-refractivity contribution is -0.870. The van der Waals surface area contributed by atoms with Crippen LogP contribution in [0.1, 0.15) is 155 Å². The largest absolute Gasteiger partial charge is 0.472 e. The molecule has 0 radical (unpaired) electrons. The predicted molar refractivity (Wildman–Crippen MR) is 178 cm³/mol. The van der Waals surface area contributed by atoms with E-state index in [-0.39, 0.29) is 25.6 Å². The van der Waals surface area contributed by atoms with E-state index >= 15 is 0 Å². The number of unbranched alkanes of at least 4 members (excludes halogenated alkanes) is 18. The molecule has 10 heteroatoms. The van der Waals surface area contributed by atoms with Crippen LogP contribution >= 0.6 is 7.82 Å². The minimum Gasteiger partial charge on any atom is -0.462 e. The number of quaternary nitrogens is 1. The van der Waals surface area contributed by atoms with Gasteiger partial charge in [0.25, 0.3) is 0 Å². The van der Waals surface area contributed by atoms with Crippen molar-refractivity contribution in [1.82, 2.24) is 0 Å². The fourth-order valence-electron chi connectivity index (χ4n) is 4.78. The molecular weight excluding hydrogens is 581 g/mol. The zero-order chi connectivity index (χ0) is 32.9. The molecule has 0 bridgehead atoms. The van der Waals surface area contributed by atoms with Gasteiger partial charge in [0.05, 0.1) is 27.7 Å². The van der Waals surface area contributed by atoms with Gasteiger partial charge < -0.3 is 18.9 Å². The lowest BCUT2D eigenvalue weighted by Gasteiger charge is -2.24. The molecule has 0 heterocycles. The Hall–Kier alpha value is -0.990. The van der Waals surface area contributed by atoms with Crippen molar-refractivity contribution in [2.45, 2.75) is 161 Å². The average Bonchev–Trinajstić information content (AvgIpc) is 2.95. The third-order valence-corrected chi connectivity index (χ3v) is 8.62. The van der Waals surface area contributed by atoms with Gasteiger partial charge in [-0.3, -0.25) is 18.6 Å². The van der Waals surface area contributed by atoms with Gasteiger partial charge in [0.2, 0.25) is 0 Å². The van der Waals surface area contributed by atoms with Crippen molar-refractivity contribution in [2.24, 2.45) is 0 Å². The molecule has 0 aromatic heterocycles. The van der Waals surface area contributed by atoms with Crippen LogP contribution < -0.4 is 0 Å². The van der Waals surface area contributed by atoms with Crippen LogP contribution in [0.5, 0.6) is 0 Å². The summed E-state index contributed by atoms with van der Waals surface area (Å²) in [5.74, 6) is -0.797. The van der Waals surface area contributed by atoms with Gasteiger partial charge >= 0.3 is 19.8 Å². The summed E-state index contributed by atoms with van der Waals surface area (Å²) in [6.07, 6.45) is 22.9. The van der Waals surface area contributed by atoms with E-state index in [1.54, 1.807) is 0 Å². The first-order chi connectivity index (χ1) is 21.0. The molecule has 0 rings (SSSR count). The number of esters is 2. The van der Waals surface area contributed by atoms with Gasteiger partial charge in [0.1, 0.15) is 19.8 Å². The Morgan fingerprint density at radius 1 is 0.614 bits per heavy atom. The second kappa shape index (κ2) is 28.3. The number of carbonyl (C=O) groups excluding carboxylic acids is 2. The fraction of sp³-hybridized carbons (Fsp3) is 0.941. The lowest BCUT2D eigenvalue weighted by Crippen LogP contribution is -2.37. The molecule has 2 atom stereocenters. The minimum absolute atomic E-state index is 0.0360. The highest BCUT2D eigenvalue weighted by Crippen LogP contribution is 2.43. The Morgan fingerprint density at radius 2 is 1.02 bits per heavy atom. The van der Waals surface area contributed by atoms with Crippen LogP contribution in [0.15, 0.2) is 0 Å². The maximum atomic E-state index is 12.5. The van der Waals surface area contributed by atoms with Crippen LogP contribution in [0.2, 0.25) is 0 Å². The summed E-state index contributed by atoms with van der Waals surface area (Å²) in [5, 5.41) is 0. The van der Waals surface area contributed by atoms with Gasteiger partial charge in [-0.05, 0) is 12.8 Å². The van der Waals surface area contributed by atoms with Crippen LogP contribution in [-0.2, 0) is 32.7 Å². The first kappa shape index (κ1) is 43.0. The third-order valence-electron chi connectivity index (χ3n) is 7.64. The predicted octanol–water partition coefficient (Wildman–Crippen LogP) is 8.90. The first-order valence-electron chi connectivity index (χ1n) is 17.8. The van der Waals surface area contributed by atoms with E-state index in [9.17, 15) is 19.0 Å². The molecule has 262 valence electrons. The smallest absolute Gasteiger partial charge is 0.462 e. The van der Waals surface area contributed by atoms with Crippen molar-refractivity contribution >= 4 is 19.8 Å². The lowest BCUT2D eigenvalue weighted by atomic mass is 10.1. The molecule has 0 aromatic rings. The molecule has 0 spiro atoms. The first-order valence-corrected chi connectivity index (χ1v) is 19.3. The SMILES string of the molecule is CCCCCCCCCCCCC(=O)OC[C@H](COP(=O)(O)OCC[N+](C)(C)C)OC(=O)CCCCCCCCCCCC. The van der Waals surface area contributed by atoms with Crippen LogP contribution in [0.3, 0.4) is 0 Å². The molecular formula is C34H69NO8P+. The second-order valence-corrected chi connectivity index (χ2v) is 14.7. The molecule has 0 aliphatic heterocycles. The molecule has 1 unspecified atom stereocenters. The topological polar surface area (TPSA) is 108 Å². The van der Waals surface area contributed by atoms with E-state index < -0.39 is 26.5 Å². The highest BCUT2D eigenvalue weighted by molar-refractivity contribution is 7.47. The quantitative estimate of drug-likeness (QED) is 0.0333. The molecule has 9 nitrogen and oxygen atoms in total. The highest BCUT2D eigenvalue weighted by Gasteiger charge is 2.27. The van der Waals surface area contributed by atoms with E-state index in [1.807, 2.05) is 21.1 Å². The van der Waals surface area contributed by atoms with E-state index in [0.29, 0.717) is 23.9 Å². The highest BCUT2D eigenvalue weighted by atomic mass is 31.2. The van der Waals surface area contributed by atoms with Crippen LogP contribution in [0, 0.1) is 0 Å². The molecule has 0 fully saturated rings. The van der Waals surface area contributed by atoms with E-state index in [0.717, 1.165) is 32.1 Å². The van der Waals surface area contributed by atoms with E-state index in [1.165, 1.54) is 89.9 Å². The van der Waals surface area contributed by atoms with Crippen LogP contribution in [0.25, 0.3) is 0 Å². The van der Waals surface area contributed by atoms with Crippen LogP contribution in [-0.4, -0.2) is 74.9 Å². The molecule has 1 N–H and O–H groups in total. The number of phosphoric ester groups is 1. The average molecular weight is 651 g/mol. The summed E-state index contributed by atoms with van der Waals surface area (Å²) in [7, 11) is 1.48. The Balaban J connectivity index is 4.47. The Labute approximate surface area is 270 Å². The van der Waals surface area contributed by atoms with Crippen molar-refractivity contribution in [3.8, 4) is 0 Å². The maximum Gasteiger partial charge on any atom is 0.472 e. The zero-order valence-corrected chi connectivity index (χ0v) is 30.1. The van der Waals surface area contributed by atoms with Crippen LogP contribution in [0.4, 0.5) is 0 Å². The summed E-state index contributed by atoms with van der Waals surface area (Å²) < 4.78 is 34.0. The van der Waals surface area contributed by atoms with E-state index in [2.05, 4.69) is 13.8 Å². The number of hydrogen-bond acceptors (Lipinski definition) is 7. The third kappa shape index (κ3) is 31.0. The fourth-order valence-corrected chi connectivity index (χ4v) is 5.52. The van der Waals surface area contributed by atoms with Crippen molar-refractivity contribution in [3.63, 3.8) is 0 Å². The van der Waals surface area contributed by atoms with Gasteiger partial charge in [-0.25, -0.2) is 4.57 Å². The number of nitrogens with zero attached hydrogens (tertiary/aromatic N) is 1. The number of rotatable bonds is 32. The summed E-state index contributed by atoms with van der Waals surface area (Å²) in [6.45, 7) is 4.38. The normalized spacial score (nSPS) is 13.9. The number of likely N-dealkylation sites (N-methyl/N-ethyl adjacent to an activating group) is 1. The van der Waals surface area contributed by atoms with Crippen molar-refractivity contribution in [1.29, 1.82) is 0 Å². The van der Waals surface area contributed by atoms with Gasteiger partial charge in [-0.2, -0.15) is 0 Å². The second-order valence-electron chi connectivity index (χ2n) is 13.3. The Kier molecular flexibility index (Phi) is 27.6. The molecule has 0 amide bonds. The minimum atomic E-state index is -4.35. The van der Waals surface area contributed by atoms with Gasteiger partial charge in [0, 0.05) is 12.8 Å². The number of phosphoric acid groups is 1. The molecule has 44 heavy (non-hydrogen) atoms. The van der Waals surface area contributed by atoms with Gasteiger partial charge in [-0.15, -0.1) is 0 Å². The monoisotopic (exact) mass is 650 g/mol. The summed E-state index contributed by atoms with van der Waals surface area (Å²) in [6, 6.07) is 0. The zero-order valence-electron chi connectivity index (χ0n) is 29.2. The Bertz CT molecular complexity index is 743. The molecule has 0 aliphatic carbocycles. The van der Waals surface area contributed by atoms with Gasteiger partial charge in [0.15, 0.2) is 6.10 Å². The number of carbonyl (C=O) groups is 2.